The first-order valence-electron chi connectivity index (χ1n) is 7.38. The molecule has 0 saturated carbocycles. The van der Waals surface area contributed by atoms with E-state index in [1.165, 1.54) is 11.1 Å². The fourth-order valence-electron chi connectivity index (χ4n) is 3.70. The summed E-state index contributed by atoms with van der Waals surface area (Å²) < 4.78 is 11.7. The highest BCUT2D eigenvalue weighted by atomic mass is 16.5. The molecule has 0 aromatic heterocycles. The predicted molar refractivity (Wildman–Crippen MR) is 81.7 cm³/mol. The Morgan fingerprint density at radius 3 is 2.52 bits per heavy atom. The van der Waals surface area contributed by atoms with E-state index < -0.39 is 0 Å². The maximum atomic E-state index is 6.42. The van der Waals surface area contributed by atoms with Gasteiger partial charge in [0.15, 0.2) is 0 Å². The lowest BCUT2D eigenvalue weighted by Gasteiger charge is -2.38. The van der Waals surface area contributed by atoms with Gasteiger partial charge in [-0.3, -0.25) is 0 Å². The summed E-state index contributed by atoms with van der Waals surface area (Å²) in [5.41, 5.74) is 10.1. The van der Waals surface area contributed by atoms with Crippen LogP contribution in [-0.2, 0) is 12.8 Å². The molecule has 3 nitrogen and oxygen atoms in total. The number of ether oxygens (including phenoxy) is 2. The fraction of sp³-hybridized carbons (Fsp3) is 0.333. The quantitative estimate of drug-likeness (QED) is 0.874. The summed E-state index contributed by atoms with van der Waals surface area (Å²) in [7, 11) is 1.67. The molecule has 0 bridgehead atoms. The van der Waals surface area contributed by atoms with Gasteiger partial charge in [0.05, 0.1) is 7.11 Å². The van der Waals surface area contributed by atoms with Crippen molar-refractivity contribution in [1.29, 1.82) is 0 Å². The second-order valence-corrected chi connectivity index (χ2v) is 6.12. The monoisotopic (exact) mass is 281 g/mol. The van der Waals surface area contributed by atoms with E-state index in [4.69, 9.17) is 15.2 Å². The molecule has 1 aliphatic heterocycles. The molecule has 4 rings (SSSR count). The van der Waals surface area contributed by atoms with E-state index in [2.05, 4.69) is 24.3 Å². The lowest BCUT2D eigenvalue weighted by molar-refractivity contribution is 0.0458. The third-order valence-corrected chi connectivity index (χ3v) is 4.68. The molecular weight excluding hydrogens is 262 g/mol. The van der Waals surface area contributed by atoms with Gasteiger partial charge in [-0.05, 0) is 29.3 Å². The molecule has 21 heavy (non-hydrogen) atoms. The third-order valence-electron chi connectivity index (χ3n) is 4.68. The van der Waals surface area contributed by atoms with Crippen LogP contribution < -0.4 is 15.2 Å². The molecule has 1 spiro atoms. The predicted octanol–water partition coefficient (Wildman–Crippen LogP) is 3.02. The Labute approximate surface area is 124 Å². The molecule has 0 amide bonds. The van der Waals surface area contributed by atoms with Crippen molar-refractivity contribution in [2.45, 2.75) is 30.9 Å². The molecule has 0 radical (unpaired) electrons. The van der Waals surface area contributed by atoms with Crippen LogP contribution in [0.2, 0.25) is 0 Å². The summed E-state index contributed by atoms with van der Waals surface area (Å²) in [5, 5.41) is 0. The van der Waals surface area contributed by atoms with E-state index in [1.807, 2.05) is 18.2 Å². The molecule has 1 aliphatic carbocycles. The Bertz CT molecular complexity index is 670. The minimum absolute atomic E-state index is 0.00170. The van der Waals surface area contributed by atoms with Gasteiger partial charge in [-0.2, -0.15) is 0 Å². The Kier molecular flexibility index (Phi) is 2.73. The van der Waals surface area contributed by atoms with E-state index in [0.717, 1.165) is 36.3 Å². The summed E-state index contributed by atoms with van der Waals surface area (Å²) in [4.78, 5) is 0. The smallest absolute Gasteiger partial charge is 0.125 e. The number of hydrogen-bond donors (Lipinski definition) is 1. The van der Waals surface area contributed by atoms with Crippen molar-refractivity contribution in [2.75, 3.05) is 7.11 Å². The van der Waals surface area contributed by atoms with Crippen LogP contribution in [0.25, 0.3) is 0 Å². The topological polar surface area (TPSA) is 44.5 Å². The summed E-state index contributed by atoms with van der Waals surface area (Å²) >= 11 is 0. The van der Waals surface area contributed by atoms with Crippen LogP contribution in [0.3, 0.4) is 0 Å². The maximum absolute atomic E-state index is 6.42. The maximum Gasteiger partial charge on any atom is 0.125 e. The van der Waals surface area contributed by atoms with Crippen molar-refractivity contribution in [3.63, 3.8) is 0 Å². The van der Waals surface area contributed by atoms with Gasteiger partial charge in [0.2, 0.25) is 0 Å². The second-order valence-electron chi connectivity index (χ2n) is 6.12. The zero-order valence-corrected chi connectivity index (χ0v) is 12.1. The number of nitrogens with two attached hydrogens (primary N) is 1. The Morgan fingerprint density at radius 2 is 1.86 bits per heavy atom. The van der Waals surface area contributed by atoms with Gasteiger partial charge in [-0.25, -0.2) is 0 Å². The number of fused-ring (bicyclic) bond motifs is 2. The van der Waals surface area contributed by atoms with Crippen LogP contribution in [0.1, 0.15) is 29.2 Å². The first-order chi connectivity index (χ1) is 10.2. The molecular formula is C18H19NO2. The largest absolute Gasteiger partial charge is 0.497 e. The van der Waals surface area contributed by atoms with Gasteiger partial charge in [-0.1, -0.05) is 24.3 Å². The van der Waals surface area contributed by atoms with Crippen molar-refractivity contribution in [3.8, 4) is 11.5 Å². The van der Waals surface area contributed by atoms with E-state index in [0.29, 0.717) is 0 Å². The molecule has 2 aromatic rings. The van der Waals surface area contributed by atoms with Gasteiger partial charge >= 0.3 is 0 Å². The van der Waals surface area contributed by atoms with E-state index >= 15 is 0 Å². The molecule has 1 atom stereocenters. The Morgan fingerprint density at radius 1 is 1.14 bits per heavy atom. The minimum Gasteiger partial charge on any atom is -0.497 e. The zero-order valence-electron chi connectivity index (χ0n) is 12.1. The normalized spacial score (nSPS) is 21.5. The summed E-state index contributed by atoms with van der Waals surface area (Å²) in [6.45, 7) is 0. The average Bonchev–Trinajstić information content (AvgIpc) is 2.84. The van der Waals surface area contributed by atoms with Gasteiger partial charge in [0, 0.05) is 30.9 Å². The van der Waals surface area contributed by atoms with Crippen LogP contribution in [-0.4, -0.2) is 12.7 Å². The zero-order chi connectivity index (χ0) is 14.4. The van der Waals surface area contributed by atoms with Crippen LogP contribution in [0, 0.1) is 0 Å². The molecule has 108 valence electrons. The highest BCUT2D eigenvalue weighted by Crippen LogP contribution is 2.46. The van der Waals surface area contributed by atoms with Crippen molar-refractivity contribution in [2.24, 2.45) is 5.73 Å². The molecule has 0 fully saturated rings. The third kappa shape index (κ3) is 2.00. The van der Waals surface area contributed by atoms with Crippen molar-refractivity contribution < 1.29 is 9.47 Å². The molecule has 2 aliphatic rings. The Balaban J connectivity index is 1.70. The molecule has 2 aromatic carbocycles. The summed E-state index contributed by atoms with van der Waals surface area (Å²) in [5.74, 6) is 1.74. The number of hydrogen-bond acceptors (Lipinski definition) is 3. The van der Waals surface area contributed by atoms with Crippen LogP contribution in [0.4, 0.5) is 0 Å². The second kappa shape index (κ2) is 4.50. The van der Waals surface area contributed by atoms with Gasteiger partial charge in [0.25, 0.3) is 0 Å². The van der Waals surface area contributed by atoms with Gasteiger partial charge < -0.3 is 15.2 Å². The molecule has 2 N–H and O–H groups in total. The summed E-state index contributed by atoms with van der Waals surface area (Å²) in [6.07, 6.45) is 2.74. The molecule has 0 saturated heterocycles. The highest BCUT2D eigenvalue weighted by molar-refractivity contribution is 5.46. The minimum atomic E-state index is -0.176. The molecule has 3 heteroatoms. The van der Waals surface area contributed by atoms with E-state index in [1.54, 1.807) is 7.11 Å². The number of benzene rings is 2. The van der Waals surface area contributed by atoms with Gasteiger partial charge in [0.1, 0.15) is 17.1 Å². The number of rotatable bonds is 1. The standard InChI is InChI=1S/C18H19NO2/c1-20-14-6-7-17-15(8-14)16(19)11-18(21-17)9-12-4-2-3-5-13(12)10-18/h2-8,16H,9-11,19H2,1H3. The van der Waals surface area contributed by atoms with Crippen LogP contribution in [0.5, 0.6) is 11.5 Å². The van der Waals surface area contributed by atoms with E-state index in [-0.39, 0.29) is 11.6 Å². The number of methoxy groups -OCH3 is 1. The lowest BCUT2D eigenvalue weighted by atomic mass is 9.85. The van der Waals surface area contributed by atoms with Crippen molar-refractivity contribution in [3.05, 3.63) is 59.2 Å². The Hall–Kier alpha value is -2.00. The molecule has 1 heterocycles. The first-order valence-corrected chi connectivity index (χ1v) is 7.38. The molecule has 1 unspecified atom stereocenters. The fourth-order valence-corrected chi connectivity index (χ4v) is 3.70. The average molecular weight is 281 g/mol. The van der Waals surface area contributed by atoms with Crippen LogP contribution in [0.15, 0.2) is 42.5 Å². The first kappa shape index (κ1) is 12.7. The van der Waals surface area contributed by atoms with Crippen LogP contribution >= 0.6 is 0 Å². The van der Waals surface area contributed by atoms with E-state index in [9.17, 15) is 0 Å². The lowest BCUT2D eigenvalue weighted by Crippen LogP contribution is -2.43. The summed E-state index contributed by atoms with van der Waals surface area (Å²) in [6, 6.07) is 14.5. The van der Waals surface area contributed by atoms with Gasteiger partial charge in [-0.15, -0.1) is 0 Å². The van der Waals surface area contributed by atoms with Crippen molar-refractivity contribution in [1.82, 2.24) is 0 Å². The highest BCUT2D eigenvalue weighted by Gasteiger charge is 2.44. The van der Waals surface area contributed by atoms with Crippen molar-refractivity contribution >= 4 is 0 Å². The SMILES string of the molecule is COc1ccc2c(c1)C(N)CC1(Cc3ccccc3C1)O2.